The summed E-state index contributed by atoms with van der Waals surface area (Å²) in [6, 6.07) is 11.3. The van der Waals surface area contributed by atoms with Crippen molar-refractivity contribution in [2.45, 2.75) is 204 Å². The van der Waals surface area contributed by atoms with Crippen molar-refractivity contribution in [1.82, 2.24) is 20.0 Å². The van der Waals surface area contributed by atoms with Gasteiger partial charge in [0, 0.05) is 64.3 Å². The van der Waals surface area contributed by atoms with Gasteiger partial charge < -0.3 is 69.1 Å². The molecule has 400 valence electrons. The summed E-state index contributed by atoms with van der Waals surface area (Å²) in [6.45, 7) is 20.0. The second-order valence-corrected chi connectivity index (χ2v) is 21.8. The average molecular weight is 1010 g/mol. The van der Waals surface area contributed by atoms with Gasteiger partial charge in [-0.05, 0) is 118 Å². The molecule has 18 heteroatoms. The van der Waals surface area contributed by atoms with Gasteiger partial charge in [-0.1, -0.05) is 51.1 Å². The molecule has 6 N–H and O–H groups in total. The molecule has 0 aromatic heterocycles. The summed E-state index contributed by atoms with van der Waals surface area (Å²) in [5, 5.41) is 73.8. The molecule has 0 radical (unpaired) electrons. The lowest BCUT2D eigenvalue weighted by molar-refractivity contribution is -0.318. The zero-order valence-electron chi connectivity index (χ0n) is 44.3. The van der Waals surface area contributed by atoms with Gasteiger partial charge in [-0.2, -0.15) is 5.26 Å². The Morgan fingerprint density at radius 2 is 1.66 bits per heavy atom. The number of nitrogens with zero attached hydrogens (tertiary/aromatic N) is 4. The lowest BCUT2D eigenvalue weighted by Crippen LogP contribution is -2.60. The van der Waals surface area contributed by atoms with E-state index in [1.54, 1.807) is 34.6 Å². The van der Waals surface area contributed by atoms with E-state index in [0.29, 0.717) is 50.7 Å². The van der Waals surface area contributed by atoms with E-state index < -0.39 is 96.0 Å². The molecule has 0 saturated carbocycles. The van der Waals surface area contributed by atoms with E-state index in [1.165, 1.54) is 19.6 Å². The van der Waals surface area contributed by atoms with Crippen LogP contribution in [0, 0.1) is 29.1 Å². The highest BCUT2D eigenvalue weighted by atomic mass is 32.1. The quantitative estimate of drug-likeness (QED) is 0.102. The summed E-state index contributed by atoms with van der Waals surface area (Å²) >= 11 is 5.84. The van der Waals surface area contributed by atoms with E-state index >= 15 is 0 Å². The van der Waals surface area contributed by atoms with Crippen LogP contribution in [0.25, 0.3) is 0 Å². The molecule has 70 heavy (non-hydrogen) atoms. The molecule has 3 saturated heterocycles. The molecule has 3 heterocycles. The summed E-state index contributed by atoms with van der Waals surface area (Å²) in [5.41, 5.74) is -3.46. The van der Waals surface area contributed by atoms with Gasteiger partial charge in [-0.3, -0.25) is 9.69 Å². The number of nitrogens with one attached hydrogen (secondary N) is 1. The van der Waals surface area contributed by atoms with Gasteiger partial charge in [0.2, 0.25) is 0 Å². The molecule has 3 aliphatic heterocycles. The number of carbonyl (C=O) groups excluding carboxylic acids is 1. The normalized spacial score (nSPS) is 39.6. The van der Waals surface area contributed by atoms with Crippen molar-refractivity contribution >= 4 is 23.3 Å². The number of likely N-dealkylation sites (N-methyl/N-ethyl adjacent to an activating group) is 1. The number of hydrogen-bond acceptors (Lipinski definition) is 16. The Labute approximate surface area is 424 Å². The summed E-state index contributed by atoms with van der Waals surface area (Å²) in [7, 11) is 5.27. The van der Waals surface area contributed by atoms with Crippen molar-refractivity contribution in [2.75, 3.05) is 53.9 Å². The summed E-state index contributed by atoms with van der Waals surface area (Å²) < 4.78 is 38.2. The van der Waals surface area contributed by atoms with Crippen LogP contribution in [0.5, 0.6) is 0 Å². The van der Waals surface area contributed by atoms with Crippen molar-refractivity contribution in [2.24, 2.45) is 17.8 Å². The molecule has 18 atom stereocenters. The molecule has 3 aliphatic rings. The Kier molecular flexibility index (Phi) is 22.7. The van der Waals surface area contributed by atoms with Gasteiger partial charge in [0.05, 0.1) is 54.0 Å². The number of thiocarbonyl (C=S) groups is 1. The van der Waals surface area contributed by atoms with Crippen LogP contribution in [0.1, 0.15) is 113 Å². The van der Waals surface area contributed by atoms with Crippen LogP contribution < -0.4 is 5.32 Å². The first-order chi connectivity index (χ1) is 32.8. The third-order valence-corrected chi connectivity index (χ3v) is 15.6. The number of ether oxygens (including phenoxy) is 6. The van der Waals surface area contributed by atoms with Gasteiger partial charge in [0.1, 0.15) is 30.0 Å². The first-order valence-electron chi connectivity index (χ1n) is 25.5. The number of esters is 1. The Bertz CT molecular complexity index is 1810. The third kappa shape index (κ3) is 15.5. The number of rotatable bonds is 16. The minimum atomic E-state index is -1.92. The lowest BCUT2D eigenvalue weighted by Gasteiger charge is -2.48. The number of carbonyl (C=O) groups is 1. The largest absolute Gasteiger partial charge is 0.459 e. The van der Waals surface area contributed by atoms with E-state index in [9.17, 15) is 35.6 Å². The molecule has 1 aromatic rings. The number of hydrogen-bond donors (Lipinski definition) is 6. The zero-order chi connectivity index (χ0) is 52.3. The number of nitriles is 1. The van der Waals surface area contributed by atoms with Gasteiger partial charge in [0.25, 0.3) is 0 Å². The molecule has 0 aliphatic carbocycles. The van der Waals surface area contributed by atoms with Gasteiger partial charge in [-0.15, -0.1) is 0 Å². The predicted octanol–water partition coefficient (Wildman–Crippen LogP) is 3.99. The minimum absolute atomic E-state index is 0.101. The van der Waals surface area contributed by atoms with Gasteiger partial charge in [0.15, 0.2) is 17.7 Å². The molecule has 0 bridgehead atoms. The number of aliphatic hydroxyl groups is 5. The lowest BCUT2D eigenvalue weighted by atomic mass is 9.77. The minimum Gasteiger partial charge on any atom is -0.459 e. The number of benzene rings is 1. The van der Waals surface area contributed by atoms with E-state index in [-0.39, 0.29) is 43.7 Å². The van der Waals surface area contributed by atoms with E-state index in [0.717, 1.165) is 6.42 Å². The maximum Gasteiger partial charge on any atom is 0.311 e. The van der Waals surface area contributed by atoms with Crippen LogP contribution >= 0.6 is 12.2 Å². The molecule has 17 nitrogen and oxygen atoms in total. The predicted molar refractivity (Wildman–Crippen MR) is 270 cm³/mol. The zero-order valence-corrected chi connectivity index (χ0v) is 45.1. The molecule has 3 fully saturated rings. The van der Waals surface area contributed by atoms with Crippen molar-refractivity contribution < 1.29 is 58.7 Å². The fraction of sp³-hybridized carbons (Fsp3) is 0.827. The second-order valence-electron chi connectivity index (χ2n) is 21.4. The van der Waals surface area contributed by atoms with E-state index in [2.05, 4.69) is 28.4 Å². The van der Waals surface area contributed by atoms with Crippen molar-refractivity contribution in [3.63, 3.8) is 0 Å². The average Bonchev–Trinajstić information content (AvgIpc) is 3.30. The SMILES string of the molecule is CC[C@H]1OC(=O)[C@H](C)[C@@H](O[C@@H]2C[C@@](C)(OC)[C@@H](O)[C@H](C)O2)[C@H](C)[C@@H](O[C@@H]2O[C@H](C)C[C@H](N(C)C)[C@H]2O)[C@](C)(O)C[C@@H](C)CN(CCCN(CCC#N)C(=S)NCCc2ccccc2)[C@H](C)[C@@H](O)[C@]1(C)O. The highest BCUT2D eigenvalue weighted by molar-refractivity contribution is 7.80. The summed E-state index contributed by atoms with van der Waals surface area (Å²) in [6.07, 6.45) is -7.37. The fourth-order valence-electron chi connectivity index (χ4n) is 10.9. The van der Waals surface area contributed by atoms with Gasteiger partial charge >= 0.3 is 5.97 Å². The highest BCUT2D eigenvalue weighted by Gasteiger charge is 2.53. The molecule has 0 unspecified atom stereocenters. The standard InChI is InChI=1S/C52H89N5O12S/c1-14-40-52(10,63)44(59)36(6)57(27-19-26-56(25-18-23-53)49(70)54-24-22-38-20-16-15-17-21-38)31-32(2)29-50(8,62)46(69-48-42(58)39(55(11)12)28-33(3)65-48)34(4)43(35(5)47(61)67-40)68-41-30-51(9,64-13)45(60)37(7)66-41/h15-17,20-21,32-37,39-46,48,58-60,62-63H,14,18-19,22,24-31H2,1-13H3,(H,54,70)/t32-,33-,34+,35-,36-,37+,39+,40-,41-,42-,43+,44-,45+,46-,48+,50-,51-,52-/m1/s1. The van der Waals surface area contributed by atoms with Crippen molar-refractivity contribution in [3.8, 4) is 6.07 Å². The maximum atomic E-state index is 14.6. The van der Waals surface area contributed by atoms with Crippen LogP contribution in [0.4, 0.5) is 0 Å². The maximum absolute atomic E-state index is 14.6. The molecule has 0 amide bonds. The number of cyclic esters (lactones) is 1. The first kappa shape index (κ1) is 59.9. The Morgan fingerprint density at radius 3 is 2.27 bits per heavy atom. The topological polar surface area (TPSA) is 219 Å². The number of aliphatic hydroxyl groups excluding tert-OH is 3. The Morgan fingerprint density at radius 1 is 0.986 bits per heavy atom. The molecule has 1 aromatic carbocycles. The van der Waals surface area contributed by atoms with Crippen LogP contribution in [0.15, 0.2) is 30.3 Å². The summed E-state index contributed by atoms with van der Waals surface area (Å²) in [5.74, 6) is -2.86. The molecule has 0 spiro atoms. The monoisotopic (exact) mass is 1010 g/mol. The van der Waals surface area contributed by atoms with Crippen LogP contribution in [-0.2, 0) is 39.6 Å². The Hall–Kier alpha value is -2.61. The second kappa shape index (κ2) is 26.6. The van der Waals surface area contributed by atoms with Gasteiger partial charge in [-0.25, -0.2) is 0 Å². The van der Waals surface area contributed by atoms with Crippen molar-refractivity contribution in [3.05, 3.63) is 35.9 Å². The first-order valence-corrected chi connectivity index (χ1v) is 25.9. The smallest absolute Gasteiger partial charge is 0.311 e. The third-order valence-electron chi connectivity index (χ3n) is 15.2. The molecular formula is C52H89N5O12S. The Balaban J connectivity index is 1.74. The summed E-state index contributed by atoms with van der Waals surface area (Å²) in [4.78, 5) is 20.6. The van der Waals surface area contributed by atoms with E-state index in [4.69, 9.17) is 40.6 Å². The number of methoxy groups -OCH3 is 1. The van der Waals surface area contributed by atoms with Crippen LogP contribution in [0.2, 0.25) is 0 Å². The molecule has 4 rings (SSSR count). The fourth-order valence-corrected chi connectivity index (χ4v) is 11.2. The van der Waals surface area contributed by atoms with Crippen LogP contribution in [0.3, 0.4) is 0 Å². The highest BCUT2D eigenvalue weighted by Crippen LogP contribution is 2.40. The molecular weight excluding hydrogens is 919 g/mol. The van der Waals surface area contributed by atoms with Crippen molar-refractivity contribution in [1.29, 1.82) is 5.26 Å². The van der Waals surface area contributed by atoms with Crippen LogP contribution in [-0.4, -0.2) is 196 Å². The van der Waals surface area contributed by atoms with E-state index in [1.807, 2.05) is 69.8 Å².